The number of hydrogen-bond donors (Lipinski definition) is 0. The van der Waals surface area contributed by atoms with Crippen LogP contribution in [0.1, 0.15) is 18.4 Å². The molecule has 1 saturated heterocycles. The van der Waals surface area contributed by atoms with Crippen LogP contribution >= 0.6 is 0 Å². The SMILES string of the molecule is O=C1N(c2ccc(OC(F)(F)F)cc2)C(=O)C2(CC2)N1Cc1ccnc2c(F)cccc12. The minimum atomic E-state index is -4.84. The van der Waals surface area contributed by atoms with Gasteiger partial charge in [-0.05, 0) is 54.8 Å². The van der Waals surface area contributed by atoms with Crippen molar-refractivity contribution in [3.63, 3.8) is 0 Å². The van der Waals surface area contributed by atoms with Crippen molar-refractivity contribution in [2.75, 3.05) is 4.90 Å². The van der Waals surface area contributed by atoms with Gasteiger partial charge in [0.2, 0.25) is 0 Å². The summed E-state index contributed by atoms with van der Waals surface area (Å²) in [5, 5.41) is 0.538. The number of rotatable bonds is 4. The van der Waals surface area contributed by atoms with Crippen LogP contribution in [0.4, 0.5) is 28.0 Å². The summed E-state index contributed by atoms with van der Waals surface area (Å²) in [5.41, 5.74) is -0.0437. The molecule has 0 bridgehead atoms. The van der Waals surface area contributed by atoms with Gasteiger partial charge in [-0.25, -0.2) is 14.1 Å². The van der Waals surface area contributed by atoms with Crippen LogP contribution in [-0.4, -0.2) is 33.7 Å². The van der Waals surface area contributed by atoms with Crippen molar-refractivity contribution in [3.05, 3.63) is 66.1 Å². The number of amides is 3. The third kappa shape index (κ3) is 3.22. The number of fused-ring (bicyclic) bond motifs is 1. The molecule has 1 saturated carbocycles. The molecule has 2 aliphatic rings. The first kappa shape index (κ1) is 20.2. The van der Waals surface area contributed by atoms with Crippen LogP contribution in [0.15, 0.2) is 54.7 Å². The van der Waals surface area contributed by atoms with E-state index in [-0.39, 0.29) is 17.7 Å². The summed E-state index contributed by atoms with van der Waals surface area (Å²) in [6.07, 6.45) is -2.45. The molecular weight excluding hydrogens is 430 g/mol. The third-order valence-corrected chi connectivity index (χ3v) is 5.73. The number of anilines is 1. The third-order valence-electron chi connectivity index (χ3n) is 5.73. The van der Waals surface area contributed by atoms with Crippen LogP contribution in [0.5, 0.6) is 5.75 Å². The zero-order valence-corrected chi connectivity index (χ0v) is 16.4. The van der Waals surface area contributed by atoms with Crippen LogP contribution in [0.3, 0.4) is 0 Å². The first-order chi connectivity index (χ1) is 15.2. The molecule has 0 radical (unpaired) electrons. The monoisotopic (exact) mass is 445 g/mol. The Kier molecular flexibility index (Phi) is 4.37. The molecule has 3 aromatic rings. The maximum absolute atomic E-state index is 14.1. The highest BCUT2D eigenvalue weighted by Crippen LogP contribution is 2.50. The van der Waals surface area contributed by atoms with Gasteiger partial charge in [0.15, 0.2) is 0 Å². The molecule has 1 aliphatic carbocycles. The first-order valence-corrected chi connectivity index (χ1v) is 9.74. The number of halogens is 4. The van der Waals surface area contributed by atoms with E-state index in [0.29, 0.717) is 23.8 Å². The first-order valence-electron chi connectivity index (χ1n) is 9.74. The summed E-state index contributed by atoms with van der Waals surface area (Å²) in [5.74, 6) is -1.38. The summed E-state index contributed by atoms with van der Waals surface area (Å²) in [6.45, 7) is 0.0683. The van der Waals surface area contributed by atoms with Crippen molar-refractivity contribution < 1.29 is 31.9 Å². The van der Waals surface area contributed by atoms with Crippen LogP contribution in [0.25, 0.3) is 10.9 Å². The highest BCUT2D eigenvalue weighted by molar-refractivity contribution is 6.24. The number of para-hydroxylation sites is 1. The van der Waals surface area contributed by atoms with E-state index >= 15 is 0 Å². The molecule has 0 N–H and O–H groups in total. The Bertz CT molecular complexity index is 1240. The fraction of sp³-hybridized carbons (Fsp3) is 0.227. The van der Waals surface area contributed by atoms with E-state index in [4.69, 9.17) is 0 Å². The Morgan fingerprint density at radius 1 is 1.03 bits per heavy atom. The number of alkyl halides is 3. The van der Waals surface area contributed by atoms with Gasteiger partial charge < -0.3 is 9.64 Å². The quantitative estimate of drug-likeness (QED) is 0.429. The number of hydrogen-bond acceptors (Lipinski definition) is 4. The van der Waals surface area contributed by atoms with E-state index in [2.05, 4.69) is 9.72 Å². The fourth-order valence-electron chi connectivity index (χ4n) is 4.07. The van der Waals surface area contributed by atoms with Gasteiger partial charge in [0.1, 0.15) is 22.6 Å². The number of carbonyl (C=O) groups excluding carboxylic acids is 2. The number of pyridine rings is 1. The van der Waals surface area contributed by atoms with Crippen molar-refractivity contribution >= 4 is 28.5 Å². The lowest BCUT2D eigenvalue weighted by molar-refractivity contribution is -0.274. The van der Waals surface area contributed by atoms with Crippen LogP contribution in [0.2, 0.25) is 0 Å². The van der Waals surface area contributed by atoms with Gasteiger partial charge in [0, 0.05) is 18.1 Å². The normalized spacial score (nSPS) is 17.5. The second kappa shape index (κ2) is 6.91. The molecule has 10 heteroatoms. The maximum atomic E-state index is 14.1. The highest BCUT2D eigenvalue weighted by Gasteiger charge is 2.65. The zero-order valence-electron chi connectivity index (χ0n) is 16.4. The maximum Gasteiger partial charge on any atom is 0.573 e. The average molecular weight is 445 g/mol. The van der Waals surface area contributed by atoms with E-state index in [1.54, 1.807) is 18.2 Å². The second-order valence-electron chi connectivity index (χ2n) is 7.69. The molecule has 5 rings (SSSR count). The smallest absolute Gasteiger partial charge is 0.406 e. The minimum absolute atomic E-state index is 0.0683. The molecule has 2 heterocycles. The lowest BCUT2D eigenvalue weighted by Gasteiger charge is -2.22. The summed E-state index contributed by atoms with van der Waals surface area (Å²) in [7, 11) is 0. The minimum Gasteiger partial charge on any atom is -0.406 e. The molecule has 164 valence electrons. The lowest BCUT2D eigenvalue weighted by atomic mass is 10.1. The number of nitrogens with zero attached hydrogens (tertiary/aromatic N) is 3. The molecule has 2 aromatic carbocycles. The molecular formula is C22H15F4N3O3. The molecule has 1 spiro atoms. The van der Waals surface area contributed by atoms with E-state index in [1.807, 2.05) is 0 Å². The van der Waals surface area contributed by atoms with Crippen molar-refractivity contribution in [2.24, 2.45) is 0 Å². The van der Waals surface area contributed by atoms with Crippen molar-refractivity contribution in [2.45, 2.75) is 31.3 Å². The Labute approximate surface area is 179 Å². The van der Waals surface area contributed by atoms with Crippen molar-refractivity contribution in [1.82, 2.24) is 9.88 Å². The Morgan fingerprint density at radius 2 is 1.75 bits per heavy atom. The topological polar surface area (TPSA) is 62.7 Å². The number of aromatic nitrogens is 1. The van der Waals surface area contributed by atoms with E-state index in [9.17, 15) is 27.2 Å². The van der Waals surface area contributed by atoms with Crippen LogP contribution in [0, 0.1) is 5.82 Å². The van der Waals surface area contributed by atoms with E-state index in [1.165, 1.54) is 29.3 Å². The van der Waals surface area contributed by atoms with Crippen molar-refractivity contribution in [3.8, 4) is 5.75 Å². The van der Waals surface area contributed by atoms with E-state index in [0.717, 1.165) is 17.0 Å². The molecule has 2 fully saturated rings. The van der Waals surface area contributed by atoms with E-state index < -0.39 is 35.4 Å². The van der Waals surface area contributed by atoms with Crippen LogP contribution in [-0.2, 0) is 11.3 Å². The summed E-state index contributed by atoms with van der Waals surface area (Å²) >= 11 is 0. The number of urea groups is 1. The molecule has 1 aromatic heterocycles. The largest absolute Gasteiger partial charge is 0.573 e. The Balaban J connectivity index is 1.46. The predicted molar refractivity (Wildman–Crippen MR) is 105 cm³/mol. The summed E-state index contributed by atoms with van der Waals surface area (Å²) in [6, 6.07) is 10.2. The van der Waals surface area contributed by atoms with Gasteiger partial charge in [-0.15, -0.1) is 13.2 Å². The molecule has 3 amide bonds. The average Bonchev–Trinajstić information content (AvgIpc) is 3.51. The summed E-state index contributed by atoms with van der Waals surface area (Å²) < 4.78 is 55.1. The molecule has 0 unspecified atom stereocenters. The summed E-state index contributed by atoms with van der Waals surface area (Å²) in [4.78, 5) is 32.8. The van der Waals surface area contributed by atoms with Gasteiger partial charge in [0.25, 0.3) is 5.91 Å². The second-order valence-corrected chi connectivity index (χ2v) is 7.69. The molecule has 6 nitrogen and oxygen atoms in total. The zero-order chi connectivity index (χ0) is 22.7. The van der Waals surface area contributed by atoms with Gasteiger partial charge >= 0.3 is 12.4 Å². The number of carbonyl (C=O) groups is 2. The van der Waals surface area contributed by atoms with Crippen LogP contribution < -0.4 is 9.64 Å². The lowest BCUT2D eigenvalue weighted by Crippen LogP contribution is -2.36. The highest BCUT2D eigenvalue weighted by atomic mass is 19.4. The number of imide groups is 1. The number of ether oxygens (including phenoxy) is 1. The molecule has 32 heavy (non-hydrogen) atoms. The molecule has 1 aliphatic heterocycles. The number of benzene rings is 2. The standard InChI is InChI=1S/C22H15F4N3O3/c23-17-3-1-2-16-13(8-11-27-18(16)17)12-28-20(31)29(19(30)21(28)9-10-21)14-4-6-15(7-5-14)32-22(24,25)26/h1-8,11H,9-10,12H2. The Morgan fingerprint density at radius 3 is 2.41 bits per heavy atom. The fourth-order valence-corrected chi connectivity index (χ4v) is 4.07. The van der Waals surface area contributed by atoms with Gasteiger partial charge in [-0.1, -0.05) is 12.1 Å². The predicted octanol–water partition coefficient (Wildman–Crippen LogP) is 4.77. The van der Waals surface area contributed by atoms with Crippen molar-refractivity contribution in [1.29, 1.82) is 0 Å². The van der Waals surface area contributed by atoms with Gasteiger partial charge in [-0.2, -0.15) is 0 Å². The van der Waals surface area contributed by atoms with Gasteiger partial charge in [0.05, 0.1) is 5.69 Å². The van der Waals surface area contributed by atoms with Gasteiger partial charge in [-0.3, -0.25) is 9.78 Å². The molecule has 0 atom stereocenters. The Hall–Kier alpha value is -3.69.